The van der Waals surface area contributed by atoms with Crippen LogP contribution in [0.3, 0.4) is 0 Å². The van der Waals surface area contributed by atoms with Gasteiger partial charge in [0.05, 0.1) is 11.9 Å². The van der Waals surface area contributed by atoms with E-state index in [1.807, 2.05) is 25.1 Å². The molecule has 0 saturated carbocycles. The minimum atomic E-state index is -2.52. The third-order valence-electron chi connectivity index (χ3n) is 7.37. The topological polar surface area (TPSA) is 70.2 Å². The molecule has 1 aliphatic carbocycles. The van der Waals surface area contributed by atoms with Crippen molar-refractivity contribution in [2.24, 2.45) is 0 Å². The quantitative estimate of drug-likeness (QED) is 0.275. The molecular weight excluding hydrogens is 508 g/mol. The molecule has 2 N–H and O–H groups in total. The Hall–Kier alpha value is -2.47. The van der Waals surface area contributed by atoms with Crippen LogP contribution < -0.4 is 15.9 Å². The summed E-state index contributed by atoms with van der Waals surface area (Å²) >= 11 is 6.42. The van der Waals surface area contributed by atoms with Crippen LogP contribution in [0.5, 0.6) is 0 Å². The number of fused-ring (bicyclic) bond motifs is 1. The van der Waals surface area contributed by atoms with Gasteiger partial charge in [-0.2, -0.15) is 4.98 Å². The fraction of sp³-hybridized carbons (Fsp3) is 0.429. The third-order valence-corrected chi connectivity index (χ3v) is 9.17. The van der Waals surface area contributed by atoms with E-state index in [0.29, 0.717) is 35.8 Å². The molecule has 0 spiro atoms. The zero-order valence-electron chi connectivity index (χ0n) is 21.6. The van der Waals surface area contributed by atoms with Crippen LogP contribution in [0.25, 0.3) is 0 Å². The highest BCUT2D eigenvalue weighted by Gasteiger charge is 2.29. The van der Waals surface area contributed by atoms with Crippen molar-refractivity contribution < 1.29 is 8.96 Å². The minimum absolute atomic E-state index is 0.379. The maximum atomic E-state index is 13.7. The monoisotopic (exact) mass is 541 g/mol. The van der Waals surface area contributed by atoms with E-state index in [0.717, 1.165) is 54.5 Å². The summed E-state index contributed by atoms with van der Waals surface area (Å²) in [5, 5.41) is 7.73. The van der Waals surface area contributed by atoms with Crippen molar-refractivity contribution in [3.05, 3.63) is 64.3 Å². The maximum absolute atomic E-state index is 13.7. The van der Waals surface area contributed by atoms with E-state index in [1.54, 1.807) is 19.5 Å². The molecule has 0 bridgehead atoms. The number of benzene rings is 2. The van der Waals surface area contributed by atoms with Crippen molar-refractivity contribution in [3.8, 4) is 0 Å². The van der Waals surface area contributed by atoms with Crippen LogP contribution >= 0.6 is 18.7 Å². The van der Waals surface area contributed by atoms with Gasteiger partial charge in [0.1, 0.15) is 18.3 Å². The number of hydrogen-bond donors (Lipinski definition) is 2. The van der Waals surface area contributed by atoms with Gasteiger partial charge >= 0.3 is 0 Å². The zero-order valence-corrected chi connectivity index (χ0v) is 23.2. The Morgan fingerprint density at radius 1 is 1.05 bits per heavy atom. The number of anilines is 4. The summed E-state index contributed by atoms with van der Waals surface area (Å²) in [5.74, 6) is 0.876. The molecule has 0 radical (unpaired) electrons. The number of aryl methyl sites for hydroxylation is 3. The van der Waals surface area contributed by atoms with E-state index in [2.05, 4.69) is 43.7 Å². The van der Waals surface area contributed by atoms with E-state index in [9.17, 15) is 8.96 Å². The molecule has 1 aromatic heterocycles. The molecule has 9 heteroatoms. The highest BCUT2D eigenvalue weighted by molar-refractivity contribution is 7.70. The first kappa shape index (κ1) is 26.1. The summed E-state index contributed by atoms with van der Waals surface area (Å²) in [4.78, 5) is 11.3. The van der Waals surface area contributed by atoms with E-state index in [1.165, 1.54) is 11.1 Å². The number of nitrogens with zero attached hydrogens (tertiary/aromatic N) is 3. The summed E-state index contributed by atoms with van der Waals surface area (Å²) in [6, 6.07) is 12.7. The summed E-state index contributed by atoms with van der Waals surface area (Å²) < 4.78 is 26.6. The second-order valence-corrected chi connectivity index (χ2v) is 14.2. The maximum Gasteiger partial charge on any atom is 0.229 e. The van der Waals surface area contributed by atoms with Crippen LogP contribution in [0.4, 0.5) is 27.5 Å². The second-order valence-electron chi connectivity index (χ2n) is 10.6. The zero-order chi connectivity index (χ0) is 26.2. The van der Waals surface area contributed by atoms with Crippen LogP contribution in [-0.4, -0.2) is 53.5 Å². The molecule has 1 fully saturated rings. The smallest absolute Gasteiger partial charge is 0.229 e. The minimum Gasteiger partial charge on any atom is -0.338 e. The van der Waals surface area contributed by atoms with Crippen LogP contribution in [0.2, 0.25) is 5.02 Å². The van der Waals surface area contributed by atoms with Crippen LogP contribution in [0.15, 0.2) is 42.6 Å². The van der Waals surface area contributed by atoms with Crippen molar-refractivity contribution in [1.82, 2.24) is 14.9 Å². The molecular formula is C28H34ClFN5OP. The Labute approximate surface area is 223 Å². The van der Waals surface area contributed by atoms with Gasteiger partial charge in [0.2, 0.25) is 5.95 Å². The normalized spacial score (nSPS) is 20.4. The largest absolute Gasteiger partial charge is 0.338 e. The molecule has 196 valence electrons. The van der Waals surface area contributed by atoms with Gasteiger partial charge in [-0.3, -0.25) is 4.90 Å². The lowest BCUT2D eigenvalue weighted by Gasteiger charge is -2.25. The number of likely N-dealkylation sites (tertiary alicyclic amines) is 1. The van der Waals surface area contributed by atoms with Crippen LogP contribution in [-0.2, 0) is 17.4 Å². The first-order valence-corrected chi connectivity index (χ1v) is 15.9. The lowest BCUT2D eigenvalue weighted by molar-refractivity contribution is 0.204. The summed E-state index contributed by atoms with van der Waals surface area (Å²) in [7, 11) is -2.52. The van der Waals surface area contributed by atoms with E-state index in [4.69, 9.17) is 11.6 Å². The predicted molar refractivity (Wildman–Crippen MR) is 152 cm³/mol. The van der Waals surface area contributed by atoms with Crippen molar-refractivity contribution in [3.63, 3.8) is 0 Å². The molecule has 6 nitrogen and oxygen atoms in total. The first-order valence-electron chi connectivity index (χ1n) is 12.9. The van der Waals surface area contributed by atoms with E-state index in [-0.39, 0.29) is 0 Å². The molecule has 2 atom stereocenters. The number of alkyl halides is 1. The third kappa shape index (κ3) is 6.17. The molecule has 1 saturated heterocycles. The van der Waals surface area contributed by atoms with Gasteiger partial charge < -0.3 is 15.2 Å². The SMILES string of the molecule is Cc1ccc(Nc2nc(Nc3ccc4c(c3)CC[C@H](N3CC[C@H](F)C3)CC4)ncc2Cl)c(P(C)(C)=O)c1. The average Bonchev–Trinajstić information content (AvgIpc) is 3.17. The van der Waals surface area contributed by atoms with Gasteiger partial charge in [-0.15, -0.1) is 0 Å². The molecule has 0 amide bonds. The fourth-order valence-electron chi connectivity index (χ4n) is 5.37. The number of hydrogen-bond acceptors (Lipinski definition) is 6. The van der Waals surface area contributed by atoms with Crippen LogP contribution in [0.1, 0.15) is 36.0 Å². The summed E-state index contributed by atoms with van der Waals surface area (Å²) in [6.07, 6.45) is 5.66. The Bertz CT molecular complexity index is 1350. The van der Waals surface area contributed by atoms with E-state index < -0.39 is 13.3 Å². The molecule has 37 heavy (non-hydrogen) atoms. The van der Waals surface area contributed by atoms with Gasteiger partial charge in [0, 0.05) is 30.1 Å². The predicted octanol–water partition coefficient (Wildman–Crippen LogP) is 6.46. The van der Waals surface area contributed by atoms with Crippen molar-refractivity contribution >= 4 is 47.2 Å². The highest BCUT2D eigenvalue weighted by Crippen LogP contribution is 2.39. The van der Waals surface area contributed by atoms with Crippen molar-refractivity contribution in [2.45, 2.75) is 51.2 Å². The van der Waals surface area contributed by atoms with E-state index >= 15 is 0 Å². The lowest BCUT2D eigenvalue weighted by Crippen LogP contribution is -2.33. The second kappa shape index (κ2) is 10.7. The molecule has 3 aromatic rings. The van der Waals surface area contributed by atoms with Gasteiger partial charge in [0.15, 0.2) is 5.82 Å². The number of aromatic nitrogens is 2. The Morgan fingerprint density at radius 2 is 1.84 bits per heavy atom. The first-order chi connectivity index (χ1) is 17.7. The van der Waals surface area contributed by atoms with Gasteiger partial charge in [-0.05, 0) is 87.7 Å². The Kier molecular flexibility index (Phi) is 7.58. The Balaban J connectivity index is 1.32. The highest BCUT2D eigenvalue weighted by atomic mass is 35.5. The number of nitrogens with one attached hydrogen (secondary N) is 2. The number of rotatable bonds is 6. The summed E-state index contributed by atoms with van der Waals surface area (Å²) in [6.45, 7) is 6.94. The Morgan fingerprint density at radius 3 is 2.57 bits per heavy atom. The summed E-state index contributed by atoms with van der Waals surface area (Å²) in [5.41, 5.74) is 5.36. The molecule has 0 unspecified atom stereocenters. The van der Waals surface area contributed by atoms with Crippen LogP contribution in [0, 0.1) is 6.92 Å². The molecule has 2 heterocycles. The fourth-order valence-corrected chi connectivity index (χ4v) is 6.74. The lowest BCUT2D eigenvalue weighted by atomic mass is 10.0. The van der Waals surface area contributed by atoms with Gasteiger partial charge in [-0.1, -0.05) is 29.3 Å². The van der Waals surface area contributed by atoms with Gasteiger partial charge in [-0.25, -0.2) is 9.37 Å². The number of halogens is 2. The van der Waals surface area contributed by atoms with Crippen molar-refractivity contribution in [1.29, 1.82) is 0 Å². The van der Waals surface area contributed by atoms with Gasteiger partial charge in [0.25, 0.3) is 0 Å². The molecule has 2 aliphatic rings. The molecule has 1 aliphatic heterocycles. The standard InChI is InChI=1S/C28H34ClFN5OP/c1-18-4-11-25(26(14-18)37(2,3)36)33-27-24(29)16-31-28(34-27)32-22-8-5-19-6-9-23(10-7-20(19)15-22)35-13-12-21(30)17-35/h4-5,8,11,14-16,21,23H,6-7,9-10,12-13,17H2,1-3H3,(H2,31,32,33,34)/t21-,23+/m0/s1. The average molecular weight is 542 g/mol. The molecule has 2 aromatic carbocycles. The van der Waals surface area contributed by atoms with Crippen molar-refractivity contribution in [2.75, 3.05) is 37.1 Å². The molecule has 5 rings (SSSR count).